The molecule has 0 spiro atoms. The van der Waals surface area contributed by atoms with Crippen LogP contribution in [-0.2, 0) is 16.0 Å². The lowest BCUT2D eigenvalue weighted by molar-refractivity contribution is -0.121. The predicted octanol–water partition coefficient (Wildman–Crippen LogP) is 1.06. The molecule has 1 rings (SSSR count). The molecule has 0 saturated carbocycles. The lowest BCUT2D eigenvalue weighted by Crippen LogP contribution is -2.44. The second kappa shape index (κ2) is 10.6. The molecular formula is C17H27FN4O2. The zero-order valence-electron chi connectivity index (χ0n) is 14.5. The fourth-order valence-electron chi connectivity index (χ4n) is 2.21. The predicted molar refractivity (Wildman–Crippen MR) is 93.2 cm³/mol. The van der Waals surface area contributed by atoms with Crippen LogP contribution in [0.3, 0.4) is 0 Å². The summed E-state index contributed by atoms with van der Waals surface area (Å²) in [5.74, 6) is -0.585. The van der Waals surface area contributed by atoms with Gasteiger partial charge in [-0.25, -0.2) is 4.39 Å². The van der Waals surface area contributed by atoms with Crippen molar-refractivity contribution in [2.45, 2.75) is 26.3 Å². The average Bonchev–Trinajstić information content (AvgIpc) is 2.53. The van der Waals surface area contributed by atoms with Gasteiger partial charge in [0.05, 0.1) is 19.1 Å². The fraction of sp³-hybridized carbons (Fsp3) is 0.529. The molecule has 1 aromatic carbocycles. The second-order valence-electron chi connectivity index (χ2n) is 5.65. The number of guanidine groups is 1. The highest BCUT2D eigenvalue weighted by atomic mass is 19.1. The first kappa shape index (κ1) is 19.9. The third kappa shape index (κ3) is 7.41. The van der Waals surface area contributed by atoms with Gasteiger partial charge in [0.2, 0.25) is 5.91 Å². The van der Waals surface area contributed by atoms with Crippen LogP contribution in [0, 0.1) is 11.7 Å². The van der Waals surface area contributed by atoms with Crippen LogP contribution in [0.25, 0.3) is 0 Å². The number of methoxy groups -OCH3 is 1. The number of amides is 1. The van der Waals surface area contributed by atoms with Gasteiger partial charge in [0, 0.05) is 19.7 Å². The van der Waals surface area contributed by atoms with Crippen molar-refractivity contribution in [3.05, 3.63) is 35.6 Å². The Morgan fingerprint density at radius 2 is 2.04 bits per heavy atom. The van der Waals surface area contributed by atoms with Crippen LogP contribution in [0.4, 0.5) is 4.39 Å². The van der Waals surface area contributed by atoms with Crippen LogP contribution < -0.4 is 16.4 Å². The highest BCUT2D eigenvalue weighted by Crippen LogP contribution is 2.10. The van der Waals surface area contributed by atoms with E-state index in [9.17, 15) is 9.18 Å². The van der Waals surface area contributed by atoms with Gasteiger partial charge in [0.15, 0.2) is 5.96 Å². The maximum atomic E-state index is 13.0. The molecule has 0 aliphatic carbocycles. The molecule has 0 aliphatic rings. The number of nitrogens with one attached hydrogen (secondary N) is 2. The van der Waals surface area contributed by atoms with E-state index < -0.39 is 11.8 Å². The van der Waals surface area contributed by atoms with E-state index in [2.05, 4.69) is 15.6 Å². The number of benzene rings is 1. The summed E-state index contributed by atoms with van der Waals surface area (Å²) in [5, 5.41) is 6.32. The smallest absolute Gasteiger partial charge is 0.222 e. The fourth-order valence-corrected chi connectivity index (χ4v) is 2.21. The van der Waals surface area contributed by atoms with E-state index in [-0.39, 0.29) is 18.4 Å². The number of nitrogens with zero attached hydrogens (tertiary/aromatic N) is 1. The molecule has 1 aromatic rings. The molecule has 7 heteroatoms. The zero-order chi connectivity index (χ0) is 17.9. The maximum Gasteiger partial charge on any atom is 0.222 e. The third-order valence-corrected chi connectivity index (χ3v) is 3.41. The minimum atomic E-state index is -0.455. The molecule has 2 unspecified atom stereocenters. The van der Waals surface area contributed by atoms with Gasteiger partial charge in [0.1, 0.15) is 5.82 Å². The normalized spacial score (nSPS) is 14.1. The molecule has 6 nitrogen and oxygen atoms in total. The van der Waals surface area contributed by atoms with Gasteiger partial charge in [-0.1, -0.05) is 12.1 Å². The van der Waals surface area contributed by atoms with Gasteiger partial charge in [-0.05, 0) is 38.0 Å². The number of carbonyl (C=O) groups excluding carboxylic acids is 1. The molecule has 0 fully saturated rings. The number of primary amides is 1. The number of aliphatic imine (C=N–C) groups is 1. The highest BCUT2D eigenvalue weighted by Gasteiger charge is 2.16. The molecule has 0 aromatic heterocycles. The molecule has 4 N–H and O–H groups in total. The Hall–Kier alpha value is -2.15. The standard InChI is InChI=1S/C17H27FN4O2/c1-4-20-17(22-12(2)11-24-3)21-10-14(16(19)23)9-13-5-7-15(18)8-6-13/h5-8,12,14H,4,9-11H2,1-3H3,(H2,19,23)(H2,20,21,22). The molecular weight excluding hydrogens is 311 g/mol. The quantitative estimate of drug-likeness (QED) is 0.464. The van der Waals surface area contributed by atoms with E-state index >= 15 is 0 Å². The van der Waals surface area contributed by atoms with Crippen molar-refractivity contribution in [2.24, 2.45) is 16.6 Å². The summed E-state index contributed by atoms with van der Waals surface area (Å²) in [5.41, 5.74) is 6.33. The highest BCUT2D eigenvalue weighted by molar-refractivity contribution is 5.81. The van der Waals surface area contributed by atoms with Gasteiger partial charge in [-0.2, -0.15) is 0 Å². The Morgan fingerprint density at radius 1 is 1.38 bits per heavy atom. The summed E-state index contributed by atoms with van der Waals surface area (Å²) in [6, 6.07) is 6.12. The first-order chi connectivity index (χ1) is 11.5. The van der Waals surface area contributed by atoms with Crippen LogP contribution in [0.5, 0.6) is 0 Å². The van der Waals surface area contributed by atoms with E-state index in [4.69, 9.17) is 10.5 Å². The van der Waals surface area contributed by atoms with E-state index in [1.54, 1.807) is 19.2 Å². The van der Waals surface area contributed by atoms with Crippen LogP contribution in [0.1, 0.15) is 19.4 Å². The lowest BCUT2D eigenvalue weighted by atomic mass is 9.99. The number of hydrogen-bond acceptors (Lipinski definition) is 3. The van der Waals surface area contributed by atoms with Crippen LogP contribution in [-0.4, -0.2) is 44.7 Å². The Balaban J connectivity index is 2.73. The first-order valence-electron chi connectivity index (χ1n) is 8.03. The number of halogens is 1. The summed E-state index contributed by atoms with van der Waals surface area (Å²) in [6.07, 6.45) is 0.423. The Labute approximate surface area is 142 Å². The van der Waals surface area contributed by atoms with Gasteiger partial charge in [-0.3, -0.25) is 9.79 Å². The van der Waals surface area contributed by atoms with Gasteiger partial charge in [0.25, 0.3) is 0 Å². The van der Waals surface area contributed by atoms with Gasteiger partial charge < -0.3 is 21.1 Å². The molecule has 24 heavy (non-hydrogen) atoms. The summed E-state index contributed by atoms with van der Waals surface area (Å²) >= 11 is 0. The van der Waals surface area contributed by atoms with E-state index in [0.29, 0.717) is 25.5 Å². The van der Waals surface area contributed by atoms with Crippen LogP contribution in [0.2, 0.25) is 0 Å². The van der Waals surface area contributed by atoms with E-state index in [0.717, 1.165) is 5.56 Å². The molecule has 0 saturated heterocycles. The second-order valence-corrected chi connectivity index (χ2v) is 5.65. The van der Waals surface area contributed by atoms with Crippen molar-refractivity contribution in [1.29, 1.82) is 0 Å². The first-order valence-corrected chi connectivity index (χ1v) is 8.03. The van der Waals surface area contributed by atoms with Crippen molar-refractivity contribution >= 4 is 11.9 Å². The lowest BCUT2D eigenvalue weighted by Gasteiger charge is -2.18. The summed E-state index contributed by atoms with van der Waals surface area (Å²) in [6.45, 7) is 5.43. The minimum Gasteiger partial charge on any atom is -0.383 e. The summed E-state index contributed by atoms with van der Waals surface area (Å²) in [4.78, 5) is 16.1. The van der Waals surface area contributed by atoms with Gasteiger partial charge >= 0.3 is 0 Å². The third-order valence-electron chi connectivity index (χ3n) is 3.41. The molecule has 0 radical (unpaired) electrons. The van der Waals surface area contributed by atoms with Crippen molar-refractivity contribution < 1.29 is 13.9 Å². The largest absolute Gasteiger partial charge is 0.383 e. The zero-order valence-corrected chi connectivity index (χ0v) is 14.5. The number of hydrogen-bond donors (Lipinski definition) is 3. The van der Waals surface area contributed by atoms with Crippen molar-refractivity contribution in [3.63, 3.8) is 0 Å². The Kier molecular flexibility index (Phi) is 8.78. The molecule has 134 valence electrons. The van der Waals surface area contributed by atoms with Crippen molar-refractivity contribution in [1.82, 2.24) is 10.6 Å². The molecule has 0 heterocycles. The number of ether oxygens (including phenoxy) is 1. The average molecular weight is 338 g/mol. The Morgan fingerprint density at radius 3 is 2.58 bits per heavy atom. The molecule has 1 amide bonds. The number of carbonyl (C=O) groups is 1. The number of rotatable bonds is 9. The van der Waals surface area contributed by atoms with E-state index in [1.807, 2.05) is 13.8 Å². The maximum absolute atomic E-state index is 13.0. The van der Waals surface area contributed by atoms with Crippen molar-refractivity contribution in [3.8, 4) is 0 Å². The molecule has 0 bridgehead atoms. The van der Waals surface area contributed by atoms with Crippen LogP contribution >= 0.6 is 0 Å². The summed E-state index contributed by atoms with van der Waals surface area (Å²) in [7, 11) is 1.63. The van der Waals surface area contributed by atoms with Gasteiger partial charge in [-0.15, -0.1) is 0 Å². The SMILES string of the molecule is CCNC(=NCC(Cc1ccc(F)cc1)C(N)=O)NC(C)COC. The van der Waals surface area contributed by atoms with E-state index in [1.165, 1.54) is 12.1 Å². The topological polar surface area (TPSA) is 88.7 Å². The minimum absolute atomic E-state index is 0.0805. The molecule has 0 aliphatic heterocycles. The Bertz CT molecular complexity index is 534. The van der Waals surface area contributed by atoms with Crippen molar-refractivity contribution in [2.75, 3.05) is 26.8 Å². The summed E-state index contributed by atoms with van der Waals surface area (Å²) < 4.78 is 18.1. The van der Waals surface area contributed by atoms with Crippen LogP contribution in [0.15, 0.2) is 29.3 Å². The molecule has 2 atom stereocenters. The monoisotopic (exact) mass is 338 g/mol. The number of nitrogens with two attached hydrogens (primary N) is 1.